The van der Waals surface area contributed by atoms with Gasteiger partial charge in [0.15, 0.2) is 0 Å². The lowest BCUT2D eigenvalue weighted by Gasteiger charge is -2.24. The van der Waals surface area contributed by atoms with Gasteiger partial charge in [0, 0.05) is 41.8 Å². The lowest BCUT2D eigenvalue weighted by molar-refractivity contribution is 0.0293. The van der Waals surface area contributed by atoms with E-state index in [1.165, 1.54) is 0 Å². The molecule has 2 amide bonds. The van der Waals surface area contributed by atoms with Crippen LogP contribution in [-0.2, 0) is 4.74 Å². The van der Waals surface area contributed by atoms with Crippen molar-refractivity contribution in [3.63, 3.8) is 0 Å². The van der Waals surface area contributed by atoms with E-state index in [0.29, 0.717) is 18.7 Å². The third-order valence-corrected chi connectivity index (χ3v) is 4.70. The van der Waals surface area contributed by atoms with E-state index in [9.17, 15) is 9.59 Å². The standard InChI is InChI=1S/C21H28N4O3/c1-13-16(19(22)26)11-18(23-13)15-7-5-6-8-17(15)24-14-9-10-25(12-14)20(27)28-21(2,3)4/h5-8,11,14,23-24H,9-10,12H2,1-4H3,(H2,22,26). The van der Waals surface area contributed by atoms with Gasteiger partial charge in [0.25, 0.3) is 5.91 Å². The minimum Gasteiger partial charge on any atom is -0.444 e. The van der Waals surface area contributed by atoms with Gasteiger partial charge in [0.1, 0.15) is 5.60 Å². The predicted octanol–water partition coefficient (Wildman–Crippen LogP) is 3.51. The quantitative estimate of drug-likeness (QED) is 0.751. The van der Waals surface area contributed by atoms with Crippen molar-refractivity contribution >= 4 is 17.7 Å². The number of rotatable bonds is 4. The highest BCUT2D eigenvalue weighted by Gasteiger charge is 2.30. The van der Waals surface area contributed by atoms with Crippen molar-refractivity contribution in [2.45, 2.75) is 45.8 Å². The van der Waals surface area contributed by atoms with E-state index < -0.39 is 11.5 Å². The first-order valence-electron chi connectivity index (χ1n) is 9.47. The molecule has 7 nitrogen and oxygen atoms in total. The van der Waals surface area contributed by atoms with Gasteiger partial charge in [-0.25, -0.2) is 4.79 Å². The van der Waals surface area contributed by atoms with Crippen LogP contribution in [0.2, 0.25) is 0 Å². The second-order valence-electron chi connectivity index (χ2n) is 8.19. The summed E-state index contributed by atoms with van der Waals surface area (Å²) in [5.41, 5.74) is 8.89. The molecule has 0 bridgehead atoms. The van der Waals surface area contributed by atoms with Gasteiger partial charge < -0.3 is 25.7 Å². The molecule has 0 saturated carbocycles. The Balaban J connectivity index is 1.74. The lowest BCUT2D eigenvalue weighted by Crippen LogP contribution is -2.36. The number of para-hydroxylation sites is 1. The minimum absolute atomic E-state index is 0.125. The first-order valence-corrected chi connectivity index (χ1v) is 9.47. The van der Waals surface area contributed by atoms with Gasteiger partial charge in [-0.15, -0.1) is 0 Å². The molecule has 150 valence electrons. The average Bonchev–Trinajstić information content (AvgIpc) is 3.21. The first-order chi connectivity index (χ1) is 13.1. The zero-order valence-electron chi connectivity index (χ0n) is 16.8. The molecular formula is C21H28N4O3. The van der Waals surface area contributed by atoms with Crippen LogP contribution >= 0.6 is 0 Å². The van der Waals surface area contributed by atoms with E-state index in [-0.39, 0.29) is 12.1 Å². The van der Waals surface area contributed by atoms with E-state index in [1.54, 1.807) is 11.0 Å². The molecule has 0 aliphatic carbocycles. The summed E-state index contributed by atoms with van der Waals surface area (Å²) in [6.45, 7) is 8.67. The van der Waals surface area contributed by atoms with Gasteiger partial charge in [-0.05, 0) is 46.2 Å². The SMILES string of the molecule is Cc1[nH]c(-c2ccccc2NC2CCN(C(=O)OC(C)(C)C)C2)cc1C(N)=O. The molecule has 1 aromatic heterocycles. The van der Waals surface area contributed by atoms with Crippen LogP contribution in [0.25, 0.3) is 11.3 Å². The Morgan fingerprint density at radius 1 is 1.29 bits per heavy atom. The monoisotopic (exact) mass is 384 g/mol. The number of primary amides is 1. The van der Waals surface area contributed by atoms with Crippen LogP contribution in [0.4, 0.5) is 10.5 Å². The fourth-order valence-corrected chi connectivity index (χ4v) is 3.39. The molecule has 28 heavy (non-hydrogen) atoms. The molecule has 1 atom stereocenters. The molecule has 4 N–H and O–H groups in total. The van der Waals surface area contributed by atoms with Crippen molar-refractivity contribution in [3.8, 4) is 11.3 Å². The predicted molar refractivity (Wildman–Crippen MR) is 109 cm³/mol. The van der Waals surface area contributed by atoms with Crippen molar-refractivity contribution in [1.29, 1.82) is 0 Å². The van der Waals surface area contributed by atoms with Crippen molar-refractivity contribution in [2.75, 3.05) is 18.4 Å². The summed E-state index contributed by atoms with van der Waals surface area (Å²) in [5, 5.41) is 3.53. The highest BCUT2D eigenvalue weighted by molar-refractivity contribution is 5.96. The molecular weight excluding hydrogens is 356 g/mol. The number of carbonyl (C=O) groups is 2. The molecule has 0 radical (unpaired) electrons. The van der Waals surface area contributed by atoms with E-state index in [0.717, 1.165) is 29.1 Å². The van der Waals surface area contributed by atoms with Crippen LogP contribution in [-0.4, -0.2) is 46.6 Å². The smallest absolute Gasteiger partial charge is 0.410 e. The van der Waals surface area contributed by atoms with E-state index in [2.05, 4.69) is 10.3 Å². The Hall–Kier alpha value is -2.96. The number of nitrogens with two attached hydrogens (primary N) is 1. The number of hydrogen-bond acceptors (Lipinski definition) is 4. The number of likely N-dealkylation sites (tertiary alicyclic amines) is 1. The molecule has 1 fully saturated rings. The van der Waals surface area contributed by atoms with E-state index in [4.69, 9.17) is 10.5 Å². The third-order valence-electron chi connectivity index (χ3n) is 4.70. The largest absolute Gasteiger partial charge is 0.444 e. The number of hydrogen-bond donors (Lipinski definition) is 3. The normalized spacial score (nSPS) is 16.9. The number of anilines is 1. The van der Waals surface area contributed by atoms with Crippen molar-refractivity contribution in [1.82, 2.24) is 9.88 Å². The summed E-state index contributed by atoms with van der Waals surface area (Å²) >= 11 is 0. The summed E-state index contributed by atoms with van der Waals surface area (Å²) in [6, 6.07) is 9.78. The van der Waals surface area contributed by atoms with Crippen LogP contribution in [0, 0.1) is 6.92 Å². The lowest BCUT2D eigenvalue weighted by atomic mass is 10.1. The van der Waals surface area contributed by atoms with Gasteiger partial charge in [-0.3, -0.25) is 4.79 Å². The third kappa shape index (κ3) is 4.47. The van der Waals surface area contributed by atoms with Gasteiger partial charge >= 0.3 is 6.09 Å². The molecule has 2 heterocycles. The Morgan fingerprint density at radius 3 is 2.64 bits per heavy atom. The summed E-state index contributed by atoms with van der Waals surface area (Å²) in [5.74, 6) is -0.450. The first kappa shape index (κ1) is 19.8. The highest BCUT2D eigenvalue weighted by Crippen LogP contribution is 2.30. The summed E-state index contributed by atoms with van der Waals surface area (Å²) in [4.78, 5) is 28.8. The number of aryl methyl sites for hydroxylation is 1. The van der Waals surface area contributed by atoms with Gasteiger partial charge in [0.2, 0.25) is 0 Å². The average molecular weight is 384 g/mol. The van der Waals surface area contributed by atoms with Gasteiger partial charge in [-0.1, -0.05) is 18.2 Å². The second-order valence-corrected chi connectivity index (χ2v) is 8.19. The number of carbonyl (C=O) groups excluding carboxylic acids is 2. The van der Waals surface area contributed by atoms with Crippen LogP contribution in [0.5, 0.6) is 0 Å². The molecule has 1 saturated heterocycles. The molecule has 3 rings (SSSR count). The highest BCUT2D eigenvalue weighted by atomic mass is 16.6. The zero-order valence-corrected chi connectivity index (χ0v) is 16.8. The van der Waals surface area contributed by atoms with Crippen molar-refractivity contribution in [2.24, 2.45) is 5.73 Å². The van der Waals surface area contributed by atoms with Gasteiger partial charge in [-0.2, -0.15) is 0 Å². The van der Waals surface area contributed by atoms with Crippen LogP contribution in [0.15, 0.2) is 30.3 Å². The number of amides is 2. The minimum atomic E-state index is -0.501. The number of H-pyrrole nitrogens is 1. The molecule has 1 aromatic carbocycles. The Labute approximate surface area is 165 Å². The Kier molecular flexibility index (Phi) is 5.36. The molecule has 0 spiro atoms. The van der Waals surface area contributed by atoms with Crippen molar-refractivity contribution in [3.05, 3.63) is 41.6 Å². The fourth-order valence-electron chi connectivity index (χ4n) is 3.39. The number of aromatic amines is 1. The number of nitrogens with zero attached hydrogens (tertiary/aromatic N) is 1. The fraction of sp³-hybridized carbons (Fsp3) is 0.429. The molecule has 2 aromatic rings. The number of aromatic nitrogens is 1. The molecule has 1 aliphatic rings. The zero-order chi connectivity index (χ0) is 20.5. The Bertz CT molecular complexity index is 882. The van der Waals surface area contributed by atoms with Crippen molar-refractivity contribution < 1.29 is 14.3 Å². The van der Waals surface area contributed by atoms with Crippen LogP contribution in [0.1, 0.15) is 43.2 Å². The second kappa shape index (κ2) is 7.58. The Morgan fingerprint density at radius 2 is 2.00 bits per heavy atom. The number of nitrogens with one attached hydrogen (secondary N) is 2. The summed E-state index contributed by atoms with van der Waals surface area (Å²) in [7, 11) is 0. The van der Waals surface area contributed by atoms with Crippen LogP contribution < -0.4 is 11.1 Å². The topological polar surface area (TPSA) is 100 Å². The molecule has 7 heteroatoms. The van der Waals surface area contributed by atoms with E-state index in [1.807, 2.05) is 52.0 Å². The molecule has 1 aliphatic heterocycles. The maximum absolute atomic E-state index is 12.3. The van der Waals surface area contributed by atoms with Gasteiger partial charge in [0.05, 0.1) is 5.56 Å². The number of ether oxygens (including phenoxy) is 1. The molecule has 1 unspecified atom stereocenters. The van der Waals surface area contributed by atoms with Crippen LogP contribution in [0.3, 0.4) is 0 Å². The maximum Gasteiger partial charge on any atom is 0.410 e. The maximum atomic E-state index is 12.3. The summed E-state index contributed by atoms with van der Waals surface area (Å²) in [6.07, 6.45) is 0.556. The summed E-state index contributed by atoms with van der Waals surface area (Å²) < 4.78 is 5.46. The number of benzene rings is 1. The van der Waals surface area contributed by atoms with E-state index >= 15 is 0 Å².